The third-order valence-electron chi connectivity index (χ3n) is 2.99. The van der Waals surface area contributed by atoms with Crippen LogP contribution in [0.2, 0.25) is 0 Å². The highest BCUT2D eigenvalue weighted by molar-refractivity contribution is 5.60. The molecular formula is C16H20N2O3. The number of nitrogens with two attached hydrogens (primary N) is 2. The van der Waals surface area contributed by atoms with Crippen LogP contribution in [0, 0.1) is 0 Å². The largest absolute Gasteiger partial charge is 0.453 e. The van der Waals surface area contributed by atoms with Gasteiger partial charge in [0.15, 0.2) is 0 Å². The number of nitrogen functional groups attached to an aromatic ring is 2. The van der Waals surface area contributed by atoms with Crippen molar-refractivity contribution in [1.82, 2.24) is 0 Å². The predicted molar refractivity (Wildman–Crippen MR) is 83.2 cm³/mol. The second-order valence-corrected chi connectivity index (χ2v) is 4.71. The van der Waals surface area contributed by atoms with E-state index in [0.717, 1.165) is 11.1 Å². The van der Waals surface area contributed by atoms with Crippen LogP contribution in [0.1, 0.15) is 11.1 Å². The molecule has 0 aromatic heterocycles. The SMILES string of the molecule is COCc1ccc(Oc2ccc(COC)cc2N)c(N)c1. The van der Waals surface area contributed by atoms with Crippen molar-refractivity contribution in [3.8, 4) is 11.5 Å². The van der Waals surface area contributed by atoms with E-state index in [1.807, 2.05) is 36.4 Å². The monoisotopic (exact) mass is 288 g/mol. The number of hydrogen-bond acceptors (Lipinski definition) is 5. The van der Waals surface area contributed by atoms with Crippen LogP contribution in [0.5, 0.6) is 11.5 Å². The van der Waals surface area contributed by atoms with Crippen LogP contribution in [-0.4, -0.2) is 14.2 Å². The molecule has 0 aliphatic heterocycles. The minimum absolute atomic E-state index is 0.512. The first kappa shape index (κ1) is 15.2. The number of hydrogen-bond donors (Lipinski definition) is 2. The quantitative estimate of drug-likeness (QED) is 0.799. The second kappa shape index (κ2) is 6.97. The first-order valence-electron chi connectivity index (χ1n) is 6.56. The Morgan fingerprint density at radius 1 is 0.762 bits per heavy atom. The maximum Gasteiger partial charge on any atom is 0.150 e. The lowest BCUT2D eigenvalue weighted by molar-refractivity contribution is 0.185. The van der Waals surface area contributed by atoms with E-state index in [9.17, 15) is 0 Å². The predicted octanol–water partition coefficient (Wildman–Crippen LogP) is 2.94. The second-order valence-electron chi connectivity index (χ2n) is 4.71. The van der Waals surface area contributed by atoms with Gasteiger partial charge in [0.2, 0.25) is 0 Å². The average Bonchev–Trinajstić information content (AvgIpc) is 2.45. The van der Waals surface area contributed by atoms with E-state index < -0.39 is 0 Å². The van der Waals surface area contributed by atoms with E-state index in [-0.39, 0.29) is 0 Å². The summed E-state index contributed by atoms with van der Waals surface area (Å²) in [6, 6.07) is 11.1. The van der Waals surface area contributed by atoms with Gasteiger partial charge in [-0.1, -0.05) is 12.1 Å². The molecule has 5 heteroatoms. The van der Waals surface area contributed by atoms with Gasteiger partial charge in [0, 0.05) is 14.2 Å². The highest BCUT2D eigenvalue weighted by Gasteiger charge is 2.07. The van der Waals surface area contributed by atoms with Crippen LogP contribution in [-0.2, 0) is 22.7 Å². The number of rotatable bonds is 6. The van der Waals surface area contributed by atoms with Crippen molar-refractivity contribution in [2.45, 2.75) is 13.2 Å². The van der Waals surface area contributed by atoms with Gasteiger partial charge in [-0.25, -0.2) is 0 Å². The minimum atomic E-state index is 0.512. The molecule has 21 heavy (non-hydrogen) atoms. The van der Waals surface area contributed by atoms with Crippen LogP contribution < -0.4 is 16.2 Å². The normalized spacial score (nSPS) is 10.6. The standard InChI is InChI=1S/C16H20N2O3/c1-19-9-11-3-5-15(13(17)7-11)21-16-6-4-12(10-20-2)8-14(16)18/h3-8H,9-10,17-18H2,1-2H3. The fraction of sp³-hybridized carbons (Fsp3) is 0.250. The Morgan fingerprint density at radius 3 is 1.52 bits per heavy atom. The van der Waals surface area contributed by atoms with E-state index in [2.05, 4.69) is 0 Å². The van der Waals surface area contributed by atoms with E-state index >= 15 is 0 Å². The van der Waals surface area contributed by atoms with Gasteiger partial charge < -0.3 is 25.7 Å². The Labute approximate surface area is 124 Å². The first-order chi connectivity index (χ1) is 10.1. The van der Waals surface area contributed by atoms with Gasteiger partial charge in [-0.05, 0) is 35.4 Å². The molecule has 0 atom stereocenters. The van der Waals surface area contributed by atoms with Gasteiger partial charge in [-0.3, -0.25) is 0 Å². The maximum absolute atomic E-state index is 5.99. The van der Waals surface area contributed by atoms with E-state index in [1.54, 1.807) is 14.2 Å². The van der Waals surface area contributed by atoms with Crippen molar-refractivity contribution in [1.29, 1.82) is 0 Å². The number of ether oxygens (including phenoxy) is 3. The van der Waals surface area contributed by atoms with Crippen LogP contribution in [0.15, 0.2) is 36.4 Å². The smallest absolute Gasteiger partial charge is 0.150 e. The van der Waals surface area contributed by atoms with Crippen molar-refractivity contribution in [3.63, 3.8) is 0 Å². The van der Waals surface area contributed by atoms with Gasteiger partial charge in [0.1, 0.15) is 11.5 Å². The zero-order chi connectivity index (χ0) is 15.2. The van der Waals surface area contributed by atoms with Crippen LogP contribution in [0.4, 0.5) is 11.4 Å². The maximum atomic E-state index is 5.99. The lowest BCUT2D eigenvalue weighted by Crippen LogP contribution is -1.98. The van der Waals surface area contributed by atoms with Crippen molar-refractivity contribution >= 4 is 11.4 Å². The topological polar surface area (TPSA) is 79.7 Å². The fourth-order valence-corrected chi connectivity index (χ4v) is 2.01. The van der Waals surface area contributed by atoms with E-state index in [4.69, 9.17) is 25.7 Å². The molecule has 5 nitrogen and oxygen atoms in total. The minimum Gasteiger partial charge on any atom is -0.453 e. The summed E-state index contributed by atoms with van der Waals surface area (Å²) in [6.07, 6.45) is 0. The lowest BCUT2D eigenvalue weighted by atomic mass is 10.2. The molecule has 0 aliphatic carbocycles. The first-order valence-corrected chi connectivity index (χ1v) is 6.56. The Morgan fingerprint density at radius 2 is 1.19 bits per heavy atom. The Balaban J connectivity index is 2.18. The third-order valence-corrected chi connectivity index (χ3v) is 2.99. The van der Waals surface area contributed by atoms with Gasteiger partial charge in [-0.15, -0.1) is 0 Å². The molecule has 4 N–H and O–H groups in total. The lowest BCUT2D eigenvalue weighted by Gasteiger charge is -2.12. The van der Waals surface area contributed by atoms with Gasteiger partial charge in [0.25, 0.3) is 0 Å². The molecule has 0 radical (unpaired) electrons. The zero-order valence-electron chi connectivity index (χ0n) is 12.3. The molecule has 0 aliphatic rings. The van der Waals surface area contributed by atoms with Crippen molar-refractivity contribution in [3.05, 3.63) is 47.5 Å². The van der Waals surface area contributed by atoms with Crippen LogP contribution in [0.3, 0.4) is 0 Å². The molecule has 2 aromatic rings. The van der Waals surface area contributed by atoms with Crippen LogP contribution in [0.25, 0.3) is 0 Å². The van der Waals surface area contributed by atoms with Gasteiger partial charge in [0.05, 0.1) is 24.6 Å². The van der Waals surface area contributed by atoms with Gasteiger partial charge >= 0.3 is 0 Å². The molecule has 0 saturated heterocycles. The summed E-state index contributed by atoms with van der Waals surface area (Å²) in [5, 5.41) is 0. The molecule has 2 rings (SSSR count). The molecule has 0 heterocycles. The Hall–Kier alpha value is -2.24. The fourth-order valence-electron chi connectivity index (χ4n) is 2.01. The summed E-state index contributed by atoms with van der Waals surface area (Å²) < 4.78 is 15.9. The molecule has 112 valence electrons. The van der Waals surface area contributed by atoms with Gasteiger partial charge in [-0.2, -0.15) is 0 Å². The number of methoxy groups -OCH3 is 2. The summed E-state index contributed by atoms with van der Waals surface area (Å²) in [5.74, 6) is 1.14. The van der Waals surface area contributed by atoms with Crippen molar-refractivity contribution < 1.29 is 14.2 Å². The van der Waals surface area contributed by atoms with Crippen molar-refractivity contribution in [2.24, 2.45) is 0 Å². The summed E-state index contributed by atoms with van der Waals surface area (Å²) in [5.41, 5.74) is 15.0. The zero-order valence-corrected chi connectivity index (χ0v) is 12.3. The van der Waals surface area contributed by atoms with Crippen molar-refractivity contribution in [2.75, 3.05) is 25.7 Å². The Bertz CT molecular complexity index is 561. The summed E-state index contributed by atoms with van der Waals surface area (Å²) >= 11 is 0. The Kier molecular flexibility index (Phi) is 5.03. The summed E-state index contributed by atoms with van der Waals surface area (Å²) in [6.45, 7) is 1.02. The molecule has 2 aromatic carbocycles. The molecule has 0 fully saturated rings. The van der Waals surface area contributed by atoms with E-state index in [1.165, 1.54) is 0 Å². The summed E-state index contributed by atoms with van der Waals surface area (Å²) in [7, 11) is 3.28. The molecule has 0 bridgehead atoms. The third kappa shape index (κ3) is 3.87. The molecule has 0 unspecified atom stereocenters. The number of anilines is 2. The molecule has 0 amide bonds. The summed E-state index contributed by atoms with van der Waals surface area (Å²) in [4.78, 5) is 0. The van der Waals surface area contributed by atoms with Crippen LogP contribution >= 0.6 is 0 Å². The molecular weight excluding hydrogens is 268 g/mol. The molecule has 0 spiro atoms. The highest BCUT2D eigenvalue weighted by Crippen LogP contribution is 2.32. The molecule has 0 saturated carbocycles. The van der Waals surface area contributed by atoms with E-state index in [0.29, 0.717) is 36.1 Å². The number of benzene rings is 2. The average molecular weight is 288 g/mol. The highest BCUT2D eigenvalue weighted by atomic mass is 16.5.